The molecule has 23 heavy (non-hydrogen) atoms. The van der Waals surface area contributed by atoms with E-state index in [1.807, 2.05) is 18.7 Å². The van der Waals surface area contributed by atoms with Gasteiger partial charge >= 0.3 is 0 Å². The van der Waals surface area contributed by atoms with Crippen molar-refractivity contribution in [1.29, 1.82) is 0 Å². The molecule has 1 aromatic rings. The van der Waals surface area contributed by atoms with Gasteiger partial charge in [-0.15, -0.1) is 24.8 Å². The third-order valence-corrected chi connectivity index (χ3v) is 3.80. The van der Waals surface area contributed by atoms with Gasteiger partial charge in [-0.05, 0) is 12.3 Å². The number of hydrogen-bond donors (Lipinski definition) is 2. The lowest BCUT2D eigenvalue weighted by atomic mass is 9.93. The number of piperazine rings is 1. The fraction of sp³-hybridized carbons (Fsp3) is 0.600. The predicted octanol–water partition coefficient (Wildman–Crippen LogP) is 3.65. The monoisotopic (exact) mass is 374 g/mol. The molecule has 0 saturated carbocycles. The largest absolute Gasteiger partial charge is 0.507 e. The second kappa shape index (κ2) is 9.57. The second-order valence-corrected chi connectivity index (χ2v) is 5.85. The van der Waals surface area contributed by atoms with E-state index in [-0.39, 0.29) is 36.3 Å². The lowest BCUT2D eigenvalue weighted by molar-refractivity contribution is 0.147. The molecular formula is C15H23Cl2F3N2O. The summed E-state index contributed by atoms with van der Waals surface area (Å²) < 4.78 is 40.9. The van der Waals surface area contributed by atoms with E-state index < -0.39 is 29.2 Å². The first kappa shape index (κ1) is 22.3. The van der Waals surface area contributed by atoms with Gasteiger partial charge in [0, 0.05) is 43.9 Å². The van der Waals surface area contributed by atoms with E-state index in [1.165, 1.54) is 0 Å². The van der Waals surface area contributed by atoms with Crippen LogP contribution in [0.5, 0.6) is 5.75 Å². The highest BCUT2D eigenvalue weighted by Gasteiger charge is 2.30. The molecule has 1 atom stereocenters. The molecule has 1 fully saturated rings. The summed E-state index contributed by atoms with van der Waals surface area (Å²) in [7, 11) is 0. The van der Waals surface area contributed by atoms with Gasteiger partial charge in [0.25, 0.3) is 0 Å². The Kier molecular flexibility index (Phi) is 9.28. The van der Waals surface area contributed by atoms with E-state index in [0.717, 1.165) is 13.1 Å². The molecule has 0 radical (unpaired) electrons. The van der Waals surface area contributed by atoms with E-state index in [1.54, 1.807) is 0 Å². The van der Waals surface area contributed by atoms with Crippen LogP contribution in [-0.4, -0.2) is 36.2 Å². The topological polar surface area (TPSA) is 35.5 Å². The Morgan fingerprint density at radius 1 is 1.13 bits per heavy atom. The lowest BCUT2D eigenvalue weighted by Crippen LogP contribution is -2.45. The van der Waals surface area contributed by atoms with Crippen LogP contribution in [-0.2, 0) is 0 Å². The van der Waals surface area contributed by atoms with E-state index >= 15 is 0 Å². The van der Waals surface area contributed by atoms with Crippen LogP contribution < -0.4 is 5.32 Å². The molecule has 1 aliphatic rings. The molecule has 8 heteroatoms. The Labute approximate surface area is 147 Å². The van der Waals surface area contributed by atoms with Gasteiger partial charge in [0.15, 0.2) is 17.5 Å². The third-order valence-electron chi connectivity index (χ3n) is 3.80. The Bertz CT molecular complexity index is 512. The molecular weight excluding hydrogens is 352 g/mol. The van der Waals surface area contributed by atoms with Crippen molar-refractivity contribution < 1.29 is 18.3 Å². The van der Waals surface area contributed by atoms with Crippen molar-refractivity contribution in [2.24, 2.45) is 5.92 Å². The van der Waals surface area contributed by atoms with Gasteiger partial charge < -0.3 is 10.4 Å². The minimum absolute atomic E-state index is 0. The molecule has 0 aliphatic carbocycles. The first-order valence-electron chi connectivity index (χ1n) is 7.23. The number of phenols is 1. The molecule has 0 spiro atoms. The Morgan fingerprint density at radius 2 is 1.70 bits per heavy atom. The van der Waals surface area contributed by atoms with Crippen LogP contribution in [0.2, 0.25) is 0 Å². The van der Waals surface area contributed by atoms with Gasteiger partial charge in [-0.1, -0.05) is 13.8 Å². The predicted molar refractivity (Wildman–Crippen MR) is 89.1 cm³/mol. The van der Waals surface area contributed by atoms with Crippen molar-refractivity contribution in [3.05, 3.63) is 29.1 Å². The van der Waals surface area contributed by atoms with Crippen LogP contribution in [0, 0.1) is 23.4 Å². The van der Waals surface area contributed by atoms with Crippen LogP contribution in [0.1, 0.15) is 31.9 Å². The standard InChI is InChI=1S/C15H21F3N2O.2ClH/c1-9(2)7-11(20-5-3-19-4-6-20)13-12(21)8-10(16)14(17)15(13)18;;/h8-9,11,19,21H,3-7H2,1-2H3;2*1H/t11-;;/m1../s1. The van der Waals surface area contributed by atoms with Crippen molar-refractivity contribution in [2.75, 3.05) is 26.2 Å². The smallest absolute Gasteiger partial charge is 0.195 e. The maximum absolute atomic E-state index is 14.2. The van der Waals surface area contributed by atoms with Crippen molar-refractivity contribution in [2.45, 2.75) is 26.3 Å². The Morgan fingerprint density at radius 3 is 2.22 bits per heavy atom. The van der Waals surface area contributed by atoms with Crippen LogP contribution in [0.15, 0.2) is 6.07 Å². The lowest BCUT2D eigenvalue weighted by Gasteiger charge is -2.36. The minimum atomic E-state index is -1.52. The number of phenolic OH excluding ortho intramolecular Hbond substituents is 1. The van der Waals surface area contributed by atoms with Gasteiger partial charge in [0.1, 0.15) is 5.75 Å². The quantitative estimate of drug-likeness (QED) is 0.789. The highest BCUT2D eigenvalue weighted by molar-refractivity contribution is 5.85. The fourth-order valence-electron chi connectivity index (χ4n) is 2.80. The van der Waals surface area contributed by atoms with Crippen LogP contribution >= 0.6 is 24.8 Å². The molecule has 1 heterocycles. The molecule has 1 saturated heterocycles. The number of nitrogens with zero attached hydrogens (tertiary/aromatic N) is 1. The van der Waals surface area contributed by atoms with E-state index in [9.17, 15) is 18.3 Å². The summed E-state index contributed by atoms with van der Waals surface area (Å²) in [6.45, 7) is 6.81. The van der Waals surface area contributed by atoms with Gasteiger partial charge in [-0.25, -0.2) is 13.2 Å². The zero-order valence-corrected chi connectivity index (χ0v) is 14.7. The average molecular weight is 375 g/mol. The number of hydrogen-bond acceptors (Lipinski definition) is 3. The Balaban J connectivity index is 0.00000242. The number of rotatable bonds is 4. The Hall–Kier alpha value is -0.690. The van der Waals surface area contributed by atoms with Crippen LogP contribution in [0.25, 0.3) is 0 Å². The van der Waals surface area contributed by atoms with Crippen LogP contribution in [0.3, 0.4) is 0 Å². The summed E-state index contributed by atoms with van der Waals surface area (Å²) >= 11 is 0. The third kappa shape index (κ3) is 5.14. The molecule has 1 aromatic carbocycles. The maximum Gasteiger partial charge on any atom is 0.195 e. The fourth-order valence-corrected chi connectivity index (χ4v) is 2.80. The summed E-state index contributed by atoms with van der Waals surface area (Å²) in [6, 6.07) is 0.200. The first-order valence-corrected chi connectivity index (χ1v) is 7.23. The molecule has 1 aliphatic heterocycles. The molecule has 2 N–H and O–H groups in total. The summed E-state index contributed by atoms with van der Waals surface area (Å²) in [4.78, 5) is 2.01. The summed E-state index contributed by atoms with van der Waals surface area (Å²) in [5.41, 5.74) is -0.135. The zero-order valence-electron chi connectivity index (χ0n) is 13.1. The highest BCUT2D eigenvalue weighted by Crippen LogP contribution is 2.37. The van der Waals surface area contributed by atoms with Gasteiger partial charge in [-0.2, -0.15) is 0 Å². The molecule has 3 nitrogen and oxygen atoms in total. The maximum atomic E-state index is 14.2. The second-order valence-electron chi connectivity index (χ2n) is 5.85. The summed E-state index contributed by atoms with van der Waals surface area (Å²) in [5.74, 6) is -4.45. The zero-order chi connectivity index (χ0) is 15.6. The molecule has 0 amide bonds. The number of benzene rings is 1. The summed E-state index contributed by atoms with van der Waals surface area (Å²) in [5, 5.41) is 13.1. The highest BCUT2D eigenvalue weighted by atomic mass is 35.5. The molecule has 0 bridgehead atoms. The number of nitrogens with one attached hydrogen (secondary N) is 1. The van der Waals surface area contributed by atoms with E-state index in [0.29, 0.717) is 25.6 Å². The number of aromatic hydroxyl groups is 1. The normalized spacial score (nSPS) is 16.6. The van der Waals surface area contributed by atoms with Gasteiger partial charge in [0.2, 0.25) is 0 Å². The molecule has 0 aromatic heterocycles. The molecule has 2 rings (SSSR count). The van der Waals surface area contributed by atoms with Crippen molar-refractivity contribution >= 4 is 24.8 Å². The van der Waals surface area contributed by atoms with Crippen molar-refractivity contribution in [3.63, 3.8) is 0 Å². The van der Waals surface area contributed by atoms with Crippen molar-refractivity contribution in [3.8, 4) is 5.75 Å². The summed E-state index contributed by atoms with van der Waals surface area (Å²) in [6.07, 6.45) is 0.565. The first-order chi connectivity index (χ1) is 9.91. The van der Waals surface area contributed by atoms with Gasteiger partial charge in [0.05, 0.1) is 0 Å². The SMILES string of the molecule is CC(C)C[C@H](c1c(O)cc(F)c(F)c1F)N1CCNCC1.Cl.Cl. The molecule has 0 unspecified atom stereocenters. The average Bonchev–Trinajstić information content (AvgIpc) is 2.44. The number of halogens is 5. The van der Waals surface area contributed by atoms with Crippen LogP contribution in [0.4, 0.5) is 13.2 Å². The van der Waals surface area contributed by atoms with Crippen molar-refractivity contribution in [1.82, 2.24) is 10.2 Å². The van der Waals surface area contributed by atoms with E-state index in [2.05, 4.69) is 5.32 Å². The molecule has 134 valence electrons. The van der Waals surface area contributed by atoms with Gasteiger partial charge in [-0.3, -0.25) is 4.90 Å². The minimum Gasteiger partial charge on any atom is -0.507 e. The van der Waals surface area contributed by atoms with E-state index in [4.69, 9.17) is 0 Å².